The summed E-state index contributed by atoms with van der Waals surface area (Å²) in [5, 5.41) is 6.11. The molecule has 0 unspecified atom stereocenters. The lowest BCUT2D eigenvalue weighted by Gasteiger charge is -2.09. The van der Waals surface area contributed by atoms with Crippen LogP contribution in [0.15, 0.2) is 34.6 Å². The van der Waals surface area contributed by atoms with Gasteiger partial charge in [-0.2, -0.15) is 0 Å². The fourth-order valence-corrected chi connectivity index (χ4v) is 2.82. The van der Waals surface area contributed by atoms with E-state index >= 15 is 0 Å². The lowest BCUT2D eigenvalue weighted by molar-refractivity contribution is -0.274. The number of guanidine groups is 1. The molecule has 0 radical (unpaired) electrons. The number of alkyl halides is 3. The van der Waals surface area contributed by atoms with Crippen molar-refractivity contribution >= 4 is 17.3 Å². The molecule has 5 nitrogen and oxygen atoms in total. The second-order valence-corrected chi connectivity index (χ2v) is 6.25. The van der Waals surface area contributed by atoms with Crippen molar-refractivity contribution in [2.24, 2.45) is 10.7 Å². The number of hydrogen-bond donors (Lipinski definition) is 2. The van der Waals surface area contributed by atoms with Crippen molar-refractivity contribution in [3.05, 3.63) is 45.9 Å². The average molecular weight is 372 g/mol. The van der Waals surface area contributed by atoms with Gasteiger partial charge in [0.05, 0.1) is 11.6 Å². The summed E-state index contributed by atoms with van der Waals surface area (Å²) in [4.78, 5) is 8.54. The molecule has 0 aliphatic carbocycles. The lowest BCUT2D eigenvalue weighted by atomic mass is 10.2. The SMILES string of the molecule is Cc1csc(CCCNC(N)=NCc2ccc(OC(F)(F)F)cc2)n1. The first-order chi connectivity index (χ1) is 11.8. The number of nitrogens with two attached hydrogens (primary N) is 1. The molecule has 1 aromatic carbocycles. The minimum atomic E-state index is -4.69. The first-order valence-electron chi connectivity index (χ1n) is 7.61. The molecule has 0 spiro atoms. The minimum Gasteiger partial charge on any atom is -0.406 e. The Kier molecular flexibility index (Phi) is 6.63. The highest BCUT2D eigenvalue weighted by Gasteiger charge is 2.30. The van der Waals surface area contributed by atoms with Crippen molar-refractivity contribution in [1.82, 2.24) is 10.3 Å². The van der Waals surface area contributed by atoms with Gasteiger partial charge in [-0.25, -0.2) is 9.98 Å². The zero-order valence-corrected chi connectivity index (χ0v) is 14.5. The van der Waals surface area contributed by atoms with Crippen molar-refractivity contribution < 1.29 is 17.9 Å². The second kappa shape index (κ2) is 8.70. The van der Waals surface area contributed by atoms with E-state index < -0.39 is 6.36 Å². The molecule has 1 heterocycles. The Morgan fingerprint density at radius 2 is 2.04 bits per heavy atom. The zero-order chi connectivity index (χ0) is 18.3. The third kappa shape index (κ3) is 7.42. The maximum Gasteiger partial charge on any atom is 0.573 e. The number of thiazole rings is 1. The summed E-state index contributed by atoms with van der Waals surface area (Å²) in [6.07, 6.45) is -2.93. The lowest BCUT2D eigenvalue weighted by Crippen LogP contribution is -2.32. The van der Waals surface area contributed by atoms with Crippen LogP contribution in [0, 0.1) is 6.92 Å². The summed E-state index contributed by atoms with van der Waals surface area (Å²) in [7, 11) is 0. The van der Waals surface area contributed by atoms with Gasteiger partial charge in [0.15, 0.2) is 5.96 Å². The first-order valence-corrected chi connectivity index (χ1v) is 8.49. The van der Waals surface area contributed by atoms with Crippen LogP contribution in [0.3, 0.4) is 0 Å². The van der Waals surface area contributed by atoms with Crippen LogP contribution in [0.25, 0.3) is 0 Å². The summed E-state index contributed by atoms with van der Waals surface area (Å²) < 4.78 is 40.1. The highest BCUT2D eigenvalue weighted by molar-refractivity contribution is 7.09. The number of rotatable bonds is 7. The van der Waals surface area contributed by atoms with Crippen LogP contribution in [0.5, 0.6) is 5.75 Å². The molecule has 2 aromatic rings. The third-order valence-corrected chi connectivity index (χ3v) is 4.16. The van der Waals surface area contributed by atoms with E-state index in [9.17, 15) is 13.2 Å². The van der Waals surface area contributed by atoms with Crippen LogP contribution < -0.4 is 15.8 Å². The van der Waals surface area contributed by atoms with Crippen molar-refractivity contribution in [2.75, 3.05) is 6.54 Å². The Morgan fingerprint density at radius 1 is 1.32 bits per heavy atom. The predicted octanol–water partition coefficient (Wildman–Crippen LogP) is 3.39. The number of nitrogens with zero attached hydrogens (tertiary/aromatic N) is 2. The largest absolute Gasteiger partial charge is 0.573 e. The molecule has 3 N–H and O–H groups in total. The monoisotopic (exact) mass is 372 g/mol. The molecule has 1 aromatic heterocycles. The Morgan fingerprint density at radius 3 is 2.64 bits per heavy atom. The average Bonchev–Trinajstić information content (AvgIpc) is 2.95. The molecule has 0 amide bonds. The molecule has 2 rings (SSSR count). The normalized spacial score (nSPS) is 12.2. The number of nitrogens with one attached hydrogen (secondary N) is 1. The number of aliphatic imine (C=N–C) groups is 1. The van der Waals surface area contributed by atoms with Crippen molar-refractivity contribution in [3.63, 3.8) is 0 Å². The van der Waals surface area contributed by atoms with E-state index in [4.69, 9.17) is 5.73 Å². The van der Waals surface area contributed by atoms with E-state index in [-0.39, 0.29) is 12.3 Å². The van der Waals surface area contributed by atoms with Crippen LogP contribution in [0.2, 0.25) is 0 Å². The van der Waals surface area contributed by atoms with Gasteiger partial charge in [0.2, 0.25) is 0 Å². The maximum absolute atomic E-state index is 12.1. The summed E-state index contributed by atoms with van der Waals surface area (Å²) in [6, 6.07) is 5.53. The first kappa shape index (κ1) is 19.0. The molecule has 0 aliphatic heterocycles. The Bertz CT molecular complexity index is 698. The molecule has 0 bridgehead atoms. The molecule has 25 heavy (non-hydrogen) atoms. The Labute approximate surface area is 147 Å². The molecular formula is C16H19F3N4OS. The molecule has 0 saturated carbocycles. The molecule has 0 saturated heterocycles. The van der Waals surface area contributed by atoms with Crippen molar-refractivity contribution in [1.29, 1.82) is 0 Å². The fourth-order valence-electron chi connectivity index (χ4n) is 2.00. The number of hydrogen-bond acceptors (Lipinski definition) is 4. The van der Waals surface area contributed by atoms with Gasteiger partial charge in [0.25, 0.3) is 0 Å². The minimum absolute atomic E-state index is 0.260. The summed E-state index contributed by atoms with van der Waals surface area (Å²) in [5.41, 5.74) is 7.53. The number of aromatic nitrogens is 1. The third-order valence-electron chi connectivity index (χ3n) is 3.13. The van der Waals surface area contributed by atoms with Crippen LogP contribution >= 0.6 is 11.3 Å². The Hall–Kier alpha value is -2.29. The van der Waals surface area contributed by atoms with Crippen LogP contribution in [0.4, 0.5) is 13.2 Å². The van der Waals surface area contributed by atoms with Gasteiger partial charge in [0.1, 0.15) is 5.75 Å². The van der Waals surface area contributed by atoms with Crippen molar-refractivity contribution in [3.8, 4) is 5.75 Å². The van der Waals surface area contributed by atoms with E-state index in [0.717, 1.165) is 29.1 Å². The van der Waals surface area contributed by atoms with E-state index in [1.807, 2.05) is 12.3 Å². The molecule has 136 valence electrons. The van der Waals surface area contributed by atoms with Crippen molar-refractivity contribution in [2.45, 2.75) is 32.7 Å². The summed E-state index contributed by atoms with van der Waals surface area (Å²) in [5.74, 6) is 0.0367. The number of benzene rings is 1. The molecule has 0 fully saturated rings. The van der Waals surface area contributed by atoms with Gasteiger partial charge >= 0.3 is 6.36 Å². The molecule has 0 atom stereocenters. The van der Waals surface area contributed by atoms with Gasteiger partial charge < -0.3 is 15.8 Å². The topological polar surface area (TPSA) is 72.5 Å². The molecule has 9 heteroatoms. The number of aryl methyl sites for hydroxylation is 2. The molecule has 0 aliphatic rings. The highest BCUT2D eigenvalue weighted by atomic mass is 32.1. The quantitative estimate of drug-likeness (QED) is 0.444. The summed E-state index contributed by atoms with van der Waals surface area (Å²) >= 11 is 1.64. The van der Waals surface area contributed by atoms with E-state index in [2.05, 4.69) is 20.0 Å². The van der Waals surface area contributed by atoms with E-state index in [0.29, 0.717) is 12.5 Å². The maximum atomic E-state index is 12.1. The number of ether oxygens (including phenoxy) is 1. The van der Waals surface area contributed by atoms with Gasteiger partial charge in [-0.15, -0.1) is 24.5 Å². The standard InChI is InChI=1S/C16H19F3N4OS/c1-11-10-25-14(23-11)3-2-8-21-15(20)22-9-12-4-6-13(7-5-12)24-16(17,18)19/h4-7,10H,2-3,8-9H2,1H3,(H3,20,21,22). The van der Waals surface area contributed by atoms with Gasteiger partial charge in [-0.05, 0) is 31.0 Å². The fraction of sp³-hybridized carbons (Fsp3) is 0.375. The van der Waals surface area contributed by atoms with Gasteiger partial charge in [-0.1, -0.05) is 12.1 Å². The van der Waals surface area contributed by atoms with E-state index in [1.165, 1.54) is 24.3 Å². The second-order valence-electron chi connectivity index (χ2n) is 5.31. The molecular weight excluding hydrogens is 353 g/mol. The Balaban J connectivity index is 1.71. The predicted molar refractivity (Wildman–Crippen MR) is 91.6 cm³/mol. The number of halogens is 3. The summed E-state index contributed by atoms with van der Waals surface area (Å²) in [6.45, 7) is 2.91. The van der Waals surface area contributed by atoms with Crippen LogP contribution in [-0.2, 0) is 13.0 Å². The van der Waals surface area contributed by atoms with Gasteiger partial charge in [-0.3, -0.25) is 0 Å². The van der Waals surface area contributed by atoms with Gasteiger partial charge in [0, 0.05) is 24.0 Å². The van der Waals surface area contributed by atoms with Crippen LogP contribution in [0.1, 0.15) is 22.7 Å². The van der Waals surface area contributed by atoms with Crippen LogP contribution in [-0.4, -0.2) is 23.9 Å². The highest BCUT2D eigenvalue weighted by Crippen LogP contribution is 2.22. The zero-order valence-electron chi connectivity index (χ0n) is 13.6. The smallest absolute Gasteiger partial charge is 0.406 e. The van der Waals surface area contributed by atoms with E-state index in [1.54, 1.807) is 11.3 Å².